The summed E-state index contributed by atoms with van der Waals surface area (Å²) in [6.45, 7) is 3.89. The topological polar surface area (TPSA) is 46.9 Å². The van der Waals surface area contributed by atoms with Gasteiger partial charge in [0.1, 0.15) is 0 Å². The summed E-state index contributed by atoms with van der Waals surface area (Å²) >= 11 is 0. The molecule has 0 saturated heterocycles. The molecule has 0 aromatic heterocycles. The van der Waals surface area contributed by atoms with Crippen LogP contribution in [0.4, 0.5) is 0 Å². The number of rotatable bonds is 5. The summed E-state index contributed by atoms with van der Waals surface area (Å²) in [6.07, 6.45) is -0.586. The zero-order chi connectivity index (χ0) is 11.5. The summed E-state index contributed by atoms with van der Waals surface area (Å²) in [6, 6.07) is -0.229. The molecule has 0 bridgehead atoms. The highest BCUT2D eigenvalue weighted by atomic mass is 16.3. The highest BCUT2D eigenvalue weighted by Gasteiger charge is 2.36. The molecule has 2 unspecified atom stereocenters. The van der Waals surface area contributed by atoms with Gasteiger partial charge in [-0.05, 0) is 42.0 Å². The second-order valence-corrected chi connectivity index (χ2v) is 4.71. The van der Waals surface area contributed by atoms with E-state index >= 15 is 0 Å². The quantitative estimate of drug-likeness (QED) is 0.640. The Balaban J connectivity index is 4.64. The molecule has 86 valence electrons. The van der Waals surface area contributed by atoms with Crippen molar-refractivity contribution in [2.75, 3.05) is 34.8 Å². The van der Waals surface area contributed by atoms with Crippen LogP contribution in [0.25, 0.3) is 0 Å². The second-order valence-electron chi connectivity index (χ2n) is 4.71. The summed E-state index contributed by atoms with van der Waals surface area (Å²) in [5, 5.41) is 19.3. The summed E-state index contributed by atoms with van der Waals surface area (Å²) in [4.78, 5) is 3.81. The zero-order valence-electron chi connectivity index (χ0n) is 10.2. The van der Waals surface area contributed by atoms with Crippen molar-refractivity contribution in [1.29, 1.82) is 0 Å². The molecule has 4 heteroatoms. The van der Waals surface area contributed by atoms with Gasteiger partial charge in [0.25, 0.3) is 0 Å². The van der Waals surface area contributed by atoms with Gasteiger partial charge >= 0.3 is 0 Å². The number of hydrogen-bond donors (Lipinski definition) is 2. The maximum absolute atomic E-state index is 10.1. The van der Waals surface area contributed by atoms with Crippen molar-refractivity contribution in [3.05, 3.63) is 0 Å². The van der Waals surface area contributed by atoms with Gasteiger partial charge in [0.15, 0.2) is 0 Å². The normalized spacial score (nSPS) is 17.6. The van der Waals surface area contributed by atoms with E-state index in [1.54, 1.807) is 0 Å². The molecule has 0 aromatic carbocycles. The molecular formula is C10H24N2O2. The first-order valence-electron chi connectivity index (χ1n) is 4.88. The predicted octanol–water partition coefficient (Wildman–Crippen LogP) is -0.390. The summed E-state index contributed by atoms with van der Waals surface area (Å²) < 4.78 is 0. The van der Waals surface area contributed by atoms with E-state index in [1.165, 1.54) is 0 Å². The Morgan fingerprint density at radius 2 is 1.57 bits per heavy atom. The minimum atomic E-state index is -0.586. The molecule has 0 saturated carbocycles. The predicted molar refractivity (Wildman–Crippen MR) is 58.3 cm³/mol. The maximum atomic E-state index is 10.1. The Morgan fingerprint density at radius 1 is 1.14 bits per heavy atom. The summed E-state index contributed by atoms with van der Waals surface area (Å²) in [5.41, 5.74) is -0.350. The summed E-state index contributed by atoms with van der Waals surface area (Å²) in [5.74, 6) is 0. The fourth-order valence-electron chi connectivity index (χ4n) is 1.28. The van der Waals surface area contributed by atoms with E-state index in [1.807, 2.05) is 51.8 Å². The molecule has 14 heavy (non-hydrogen) atoms. The SMILES string of the molecule is CN(C)C(CO)C(O)C(C)(C)N(C)C. The largest absolute Gasteiger partial charge is 0.395 e. The van der Waals surface area contributed by atoms with Crippen LogP contribution in [0, 0.1) is 0 Å². The van der Waals surface area contributed by atoms with Crippen LogP contribution < -0.4 is 0 Å². The van der Waals surface area contributed by atoms with Crippen LogP contribution in [-0.2, 0) is 0 Å². The highest BCUT2D eigenvalue weighted by molar-refractivity contribution is 4.93. The van der Waals surface area contributed by atoms with E-state index in [2.05, 4.69) is 0 Å². The molecule has 2 atom stereocenters. The van der Waals surface area contributed by atoms with Crippen molar-refractivity contribution in [3.63, 3.8) is 0 Å². The number of aliphatic hydroxyl groups excluding tert-OH is 2. The molecule has 0 heterocycles. The van der Waals surface area contributed by atoms with Crippen molar-refractivity contribution >= 4 is 0 Å². The molecule has 0 radical (unpaired) electrons. The third kappa shape index (κ3) is 2.92. The van der Waals surface area contributed by atoms with E-state index in [4.69, 9.17) is 0 Å². The third-order valence-corrected chi connectivity index (χ3v) is 3.09. The first-order valence-corrected chi connectivity index (χ1v) is 4.88. The van der Waals surface area contributed by atoms with Crippen LogP contribution >= 0.6 is 0 Å². The lowest BCUT2D eigenvalue weighted by molar-refractivity contribution is -0.0468. The van der Waals surface area contributed by atoms with Gasteiger partial charge in [-0.15, -0.1) is 0 Å². The fourth-order valence-corrected chi connectivity index (χ4v) is 1.28. The fraction of sp³-hybridized carbons (Fsp3) is 1.00. The smallest absolute Gasteiger partial charge is 0.0895 e. The standard InChI is InChI=1S/C10H24N2O2/c1-10(2,12(5)6)9(14)8(7-13)11(3)4/h8-9,13-14H,7H2,1-6H3. The van der Waals surface area contributed by atoms with Gasteiger partial charge in [-0.3, -0.25) is 0 Å². The van der Waals surface area contributed by atoms with Crippen LogP contribution in [0.2, 0.25) is 0 Å². The van der Waals surface area contributed by atoms with E-state index in [0.29, 0.717) is 0 Å². The Bertz CT molecular complexity index is 170. The monoisotopic (exact) mass is 204 g/mol. The average Bonchev–Trinajstić information content (AvgIpc) is 2.04. The lowest BCUT2D eigenvalue weighted by Gasteiger charge is -2.42. The van der Waals surface area contributed by atoms with Gasteiger partial charge in [-0.25, -0.2) is 0 Å². The van der Waals surface area contributed by atoms with Gasteiger partial charge in [0, 0.05) is 5.54 Å². The van der Waals surface area contributed by atoms with Crippen molar-refractivity contribution in [3.8, 4) is 0 Å². The lowest BCUT2D eigenvalue weighted by Crippen LogP contribution is -2.58. The Hall–Kier alpha value is -0.160. The Labute approximate surface area is 87.1 Å². The number of aliphatic hydroxyl groups is 2. The van der Waals surface area contributed by atoms with Crippen molar-refractivity contribution in [2.24, 2.45) is 0 Å². The van der Waals surface area contributed by atoms with Gasteiger partial charge in [-0.2, -0.15) is 0 Å². The second kappa shape index (κ2) is 5.07. The van der Waals surface area contributed by atoms with Crippen molar-refractivity contribution < 1.29 is 10.2 Å². The first kappa shape index (κ1) is 13.8. The Kier molecular flexibility index (Phi) is 5.01. The van der Waals surface area contributed by atoms with Gasteiger partial charge in [0.05, 0.1) is 18.8 Å². The molecule has 0 aliphatic rings. The first-order chi connectivity index (χ1) is 6.25. The van der Waals surface area contributed by atoms with Gasteiger partial charge < -0.3 is 20.0 Å². The minimum Gasteiger partial charge on any atom is -0.395 e. The summed E-state index contributed by atoms with van der Waals surface area (Å²) in [7, 11) is 7.56. The molecule has 0 aliphatic heterocycles. The minimum absolute atomic E-state index is 0.0363. The number of nitrogens with zero attached hydrogens (tertiary/aromatic N) is 2. The average molecular weight is 204 g/mol. The molecule has 0 spiro atoms. The highest BCUT2D eigenvalue weighted by Crippen LogP contribution is 2.20. The molecule has 0 aromatic rings. The molecule has 0 rings (SSSR count). The van der Waals surface area contributed by atoms with Crippen LogP contribution in [0.3, 0.4) is 0 Å². The molecule has 0 aliphatic carbocycles. The van der Waals surface area contributed by atoms with Crippen molar-refractivity contribution in [1.82, 2.24) is 9.80 Å². The number of likely N-dealkylation sites (N-methyl/N-ethyl adjacent to an activating group) is 2. The maximum Gasteiger partial charge on any atom is 0.0895 e. The Morgan fingerprint density at radius 3 is 1.79 bits per heavy atom. The van der Waals surface area contributed by atoms with E-state index in [0.717, 1.165) is 0 Å². The van der Waals surface area contributed by atoms with Crippen LogP contribution in [0.1, 0.15) is 13.8 Å². The van der Waals surface area contributed by atoms with E-state index < -0.39 is 6.10 Å². The van der Waals surface area contributed by atoms with Crippen LogP contribution in [0.5, 0.6) is 0 Å². The van der Waals surface area contributed by atoms with Gasteiger partial charge in [-0.1, -0.05) is 0 Å². The van der Waals surface area contributed by atoms with Crippen LogP contribution in [-0.4, -0.2) is 72.5 Å². The molecule has 0 amide bonds. The molecule has 4 nitrogen and oxygen atoms in total. The molecular weight excluding hydrogens is 180 g/mol. The zero-order valence-corrected chi connectivity index (χ0v) is 10.2. The number of hydrogen-bond acceptors (Lipinski definition) is 4. The molecule has 0 fully saturated rings. The van der Waals surface area contributed by atoms with Gasteiger partial charge in [0.2, 0.25) is 0 Å². The third-order valence-electron chi connectivity index (χ3n) is 3.09. The molecule has 2 N–H and O–H groups in total. The van der Waals surface area contributed by atoms with E-state index in [9.17, 15) is 10.2 Å². The van der Waals surface area contributed by atoms with Crippen molar-refractivity contribution in [2.45, 2.75) is 31.5 Å². The van der Waals surface area contributed by atoms with Crippen LogP contribution in [0.15, 0.2) is 0 Å². The lowest BCUT2D eigenvalue weighted by atomic mass is 9.90. The van der Waals surface area contributed by atoms with E-state index in [-0.39, 0.29) is 18.2 Å².